The van der Waals surface area contributed by atoms with Crippen LogP contribution in [0, 0.1) is 0 Å². The first kappa shape index (κ1) is 13.6. The molecule has 0 radical (unpaired) electrons. The highest BCUT2D eigenvalue weighted by molar-refractivity contribution is 7.99. The molecule has 1 heterocycles. The second-order valence-corrected chi connectivity index (χ2v) is 5.55. The molecule has 0 spiro atoms. The number of alkyl halides is 2. The maximum atomic E-state index is 12.1. The molecule has 1 aliphatic heterocycles. The first-order chi connectivity index (χ1) is 8.65. The van der Waals surface area contributed by atoms with Gasteiger partial charge in [0, 0.05) is 17.8 Å². The standard InChI is InChI=1S/C13H17F2NOS/c1-9(16-11-5-6-18-8-11)10-3-2-4-12(7-10)17-13(14)15/h2-4,7,9,11,13,16H,5-6,8H2,1H3. The molecule has 0 aliphatic carbocycles. The molecule has 5 heteroatoms. The van der Waals surface area contributed by atoms with Gasteiger partial charge in [-0.2, -0.15) is 20.5 Å². The Balaban J connectivity index is 1.98. The Kier molecular flexibility index (Phi) is 4.83. The number of halogens is 2. The van der Waals surface area contributed by atoms with Crippen molar-refractivity contribution in [2.24, 2.45) is 0 Å². The first-order valence-electron chi connectivity index (χ1n) is 6.03. The fourth-order valence-corrected chi connectivity index (χ4v) is 3.24. The van der Waals surface area contributed by atoms with Crippen LogP contribution in [0.5, 0.6) is 5.75 Å². The summed E-state index contributed by atoms with van der Waals surface area (Å²) in [6.07, 6.45) is 1.17. The van der Waals surface area contributed by atoms with E-state index in [1.807, 2.05) is 24.8 Å². The lowest BCUT2D eigenvalue weighted by molar-refractivity contribution is -0.0499. The van der Waals surface area contributed by atoms with Crippen molar-refractivity contribution in [2.75, 3.05) is 11.5 Å². The number of rotatable bonds is 5. The van der Waals surface area contributed by atoms with Gasteiger partial charge >= 0.3 is 6.61 Å². The minimum absolute atomic E-state index is 0.148. The molecule has 1 aromatic rings. The highest BCUT2D eigenvalue weighted by Gasteiger charge is 2.18. The molecular formula is C13H17F2NOS. The van der Waals surface area contributed by atoms with Gasteiger partial charge in [0.2, 0.25) is 0 Å². The molecule has 1 saturated heterocycles. The molecule has 1 N–H and O–H groups in total. The van der Waals surface area contributed by atoms with Crippen LogP contribution in [-0.2, 0) is 0 Å². The number of thioether (sulfide) groups is 1. The summed E-state index contributed by atoms with van der Waals surface area (Å²) in [6.45, 7) is -0.723. The number of hydrogen-bond donors (Lipinski definition) is 1. The summed E-state index contributed by atoms with van der Waals surface area (Å²) in [7, 11) is 0. The largest absolute Gasteiger partial charge is 0.435 e. The Hall–Kier alpha value is -0.810. The van der Waals surface area contributed by atoms with Gasteiger partial charge in [-0.1, -0.05) is 12.1 Å². The molecule has 1 aromatic carbocycles. The van der Waals surface area contributed by atoms with E-state index in [9.17, 15) is 8.78 Å². The molecule has 2 rings (SSSR count). The molecule has 1 fully saturated rings. The highest BCUT2D eigenvalue weighted by Crippen LogP contribution is 2.24. The van der Waals surface area contributed by atoms with Gasteiger partial charge in [-0.25, -0.2) is 0 Å². The molecule has 2 unspecified atom stereocenters. The maximum Gasteiger partial charge on any atom is 0.387 e. The summed E-state index contributed by atoms with van der Waals surface area (Å²) in [5, 5.41) is 3.51. The van der Waals surface area contributed by atoms with Gasteiger partial charge in [0.05, 0.1) is 0 Å². The van der Waals surface area contributed by atoms with Crippen LogP contribution in [0.4, 0.5) is 8.78 Å². The maximum absolute atomic E-state index is 12.1. The molecule has 100 valence electrons. The monoisotopic (exact) mass is 273 g/mol. The van der Waals surface area contributed by atoms with Crippen molar-refractivity contribution in [1.82, 2.24) is 5.32 Å². The summed E-state index contributed by atoms with van der Waals surface area (Å²) in [5.74, 6) is 2.54. The number of hydrogen-bond acceptors (Lipinski definition) is 3. The zero-order chi connectivity index (χ0) is 13.0. The van der Waals surface area contributed by atoms with Crippen LogP contribution in [0.15, 0.2) is 24.3 Å². The van der Waals surface area contributed by atoms with Crippen molar-refractivity contribution < 1.29 is 13.5 Å². The normalized spacial score (nSPS) is 21.2. The number of benzene rings is 1. The van der Waals surface area contributed by atoms with E-state index in [-0.39, 0.29) is 11.8 Å². The summed E-state index contributed by atoms with van der Waals surface area (Å²) < 4.78 is 28.7. The lowest BCUT2D eigenvalue weighted by Gasteiger charge is -2.19. The predicted molar refractivity (Wildman–Crippen MR) is 70.4 cm³/mol. The second-order valence-electron chi connectivity index (χ2n) is 4.40. The second kappa shape index (κ2) is 6.38. The average Bonchev–Trinajstić information content (AvgIpc) is 2.81. The zero-order valence-corrected chi connectivity index (χ0v) is 11.1. The van der Waals surface area contributed by atoms with Gasteiger partial charge in [0.15, 0.2) is 0 Å². The quantitative estimate of drug-likeness (QED) is 0.888. The number of nitrogens with one attached hydrogen (secondary N) is 1. The van der Waals surface area contributed by atoms with E-state index >= 15 is 0 Å². The topological polar surface area (TPSA) is 21.3 Å². The smallest absolute Gasteiger partial charge is 0.387 e. The minimum Gasteiger partial charge on any atom is -0.435 e. The fourth-order valence-electron chi connectivity index (χ4n) is 2.08. The van der Waals surface area contributed by atoms with E-state index in [1.54, 1.807) is 18.2 Å². The summed E-state index contributed by atoms with van der Waals surface area (Å²) in [4.78, 5) is 0. The molecular weight excluding hydrogens is 256 g/mol. The van der Waals surface area contributed by atoms with Crippen LogP contribution in [0.1, 0.15) is 24.9 Å². The van der Waals surface area contributed by atoms with Crippen LogP contribution in [-0.4, -0.2) is 24.2 Å². The first-order valence-corrected chi connectivity index (χ1v) is 7.19. The fraction of sp³-hybridized carbons (Fsp3) is 0.538. The van der Waals surface area contributed by atoms with Gasteiger partial charge in [0.1, 0.15) is 5.75 Å². The van der Waals surface area contributed by atoms with Crippen molar-refractivity contribution in [2.45, 2.75) is 32.0 Å². The summed E-state index contributed by atoms with van der Waals surface area (Å²) >= 11 is 1.94. The minimum atomic E-state index is -2.77. The molecule has 18 heavy (non-hydrogen) atoms. The summed E-state index contributed by atoms with van der Waals surface area (Å²) in [5.41, 5.74) is 0.977. The molecule has 0 saturated carbocycles. The van der Waals surface area contributed by atoms with Gasteiger partial charge < -0.3 is 10.1 Å². The van der Waals surface area contributed by atoms with Gasteiger partial charge in [-0.15, -0.1) is 0 Å². The van der Waals surface area contributed by atoms with E-state index in [4.69, 9.17) is 0 Å². The van der Waals surface area contributed by atoms with Crippen LogP contribution < -0.4 is 10.1 Å². The number of ether oxygens (including phenoxy) is 1. The van der Waals surface area contributed by atoms with E-state index in [1.165, 1.54) is 12.2 Å². The molecule has 2 atom stereocenters. The van der Waals surface area contributed by atoms with Gasteiger partial charge in [-0.05, 0) is 36.8 Å². The molecule has 0 amide bonds. The Morgan fingerprint density at radius 2 is 2.28 bits per heavy atom. The highest BCUT2D eigenvalue weighted by atomic mass is 32.2. The van der Waals surface area contributed by atoms with Crippen molar-refractivity contribution in [1.29, 1.82) is 0 Å². The molecule has 2 nitrogen and oxygen atoms in total. The van der Waals surface area contributed by atoms with E-state index < -0.39 is 6.61 Å². The van der Waals surface area contributed by atoms with Crippen molar-refractivity contribution in [3.63, 3.8) is 0 Å². The third-order valence-electron chi connectivity index (χ3n) is 3.00. The van der Waals surface area contributed by atoms with Crippen molar-refractivity contribution >= 4 is 11.8 Å². The third-order valence-corrected chi connectivity index (χ3v) is 4.16. The third kappa shape index (κ3) is 3.85. The van der Waals surface area contributed by atoms with E-state index in [0.717, 1.165) is 11.3 Å². The lowest BCUT2D eigenvalue weighted by atomic mass is 10.1. The van der Waals surface area contributed by atoms with Gasteiger partial charge in [-0.3, -0.25) is 0 Å². The van der Waals surface area contributed by atoms with Crippen LogP contribution in [0.2, 0.25) is 0 Å². The van der Waals surface area contributed by atoms with Crippen molar-refractivity contribution in [3.05, 3.63) is 29.8 Å². The van der Waals surface area contributed by atoms with Crippen LogP contribution >= 0.6 is 11.8 Å². The van der Waals surface area contributed by atoms with Gasteiger partial charge in [0.25, 0.3) is 0 Å². The lowest BCUT2D eigenvalue weighted by Crippen LogP contribution is -2.31. The van der Waals surface area contributed by atoms with Crippen LogP contribution in [0.25, 0.3) is 0 Å². The summed E-state index contributed by atoms with van der Waals surface area (Å²) in [6, 6.07) is 7.56. The van der Waals surface area contributed by atoms with E-state index in [0.29, 0.717) is 6.04 Å². The Morgan fingerprint density at radius 3 is 2.94 bits per heavy atom. The Bertz CT molecular complexity index is 383. The Labute approximate surface area is 110 Å². The SMILES string of the molecule is CC(NC1CCSC1)c1cccc(OC(F)F)c1. The van der Waals surface area contributed by atoms with Crippen LogP contribution in [0.3, 0.4) is 0 Å². The average molecular weight is 273 g/mol. The Morgan fingerprint density at radius 1 is 1.44 bits per heavy atom. The molecule has 0 aromatic heterocycles. The molecule has 0 bridgehead atoms. The predicted octanol–water partition coefficient (Wildman–Crippen LogP) is 3.44. The van der Waals surface area contributed by atoms with E-state index in [2.05, 4.69) is 10.1 Å². The molecule has 1 aliphatic rings. The zero-order valence-electron chi connectivity index (χ0n) is 10.2. The van der Waals surface area contributed by atoms with Crippen molar-refractivity contribution in [3.8, 4) is 5.75 Å².